The monoisotopic (exact) mass is 421 g/mol. The van der Waals surface area contributed by atoms with Gasteiger partial charge in [-0.25, -0.2) is 4.98 Å². The Kier molecular flexibility index (Phi) is 5.15. The van der Waals surface area contributed by atoms with E-state index in [9.17, 15) is 4.79 Å². The Morgan fingerprint density at radius 1 is 0.875 bits per heavy atom. The van der Waals surface area contributed by atoms with Crippen LogP contribution in [0.5, 0.6) is 0 Å². The fourth-order valence-corrected chi connectivity index (χ4v) is 4.03. The van der Waals surface area contributed by atoms with Gasteiger partial charge in [0, 0.05) is 16.7 Å². The third-order valence-electron chi connectivity index (χ3n) is 5.75. The average Bonchev–Trinajstić information content (AvgIpc) is 3.11. The summed E-state index contributed by atoms with van der Waals surface area (Å²) in [5, 5.41) is 0. The summed E-state index contributed by atoms with van der Waals surface area (Å²) in [5.74, 6) is 1.22. The number of oxazole rings is 1. The summed E-state index contributed by atoms with van der Waals surface area (Å²) in [7, 11) is 0. The predicted octanol–water partition coefficient (Wildman–Crippen LogP) is 5.34. The van der Waals surface area contributed by atoms with Gasteiger partial charge < -0.3 is 9.32 Å². The zero-order chi connectivity index (χ0) is 22.1. The third kappa shape index (κ3) is 3.62. The van der Waals surface area contributed by atoms with Crippen LogP contribution >= 0.6 is 0 Å². The van der Waals surface area contributed by atoms with E-state index in [0.29, 0.717) is 18.2 Å². The summed E-state index contributed by atoms with van der Waals surface area (Å²) in [6.07, 6.45) is 0. The van der Waals surface area contributed by atoms with Gasteiger partial charge in [0.1, 0.15) is 18.0 Å². The first-order valence-electron chi connectivity index (χ1n) is 10.6. The summed E-state index contributed by atoms with van der Waals surface area (Å²) in [6, 6.07) is 25.9. The lowest BCUT2D eigenvalue weighted by atomic mass is 10.00. The molecule has 2 heterocycles. The molecule has 1 aliphatic rings. The van der Waals surface area contributed by atoms with Crippen molar-refractivity contribution in [3.8, 4) is 11.5 Å². The predicted molar refractivity (Wildman–Crippen MR) is 126 cm³/mol. The van der Waals surface area contributed by atoms with Crippen LogP contribution in [0.15, 0.2) is 88.3 Å². The highest BCUT2D eigenvalue weighted by Crippen LogP contribution is 2.30. The van der Waals surface area contributed by atoms with Crippen LogP contribution in [0.25, 0.3) is 11.5 Å². The Labute approximate surface area is 187 Å². The van der Waals surface area contributed by atoms with Gasteiger partial charge in [-0.15, -0.1) is 0 Å². The van der Waals surface area contributed by atoms with Gasteiger partial charge in [0.25, 0.3) is 0 Å². The summed E-state index contributed by atoms with van der Waals surface area (Å²) < 4.78 is 5.99. The van der Waals surface area contributed by atoms with Gasteiger partial charge >= 0.3 is 0 Å². The second-order valence-electron chi connectivity index (χ2n) is 7.86. The number of benzene rings is 3. The molecular weight excluding hydrogens is 398 g/mol. The van der Waals surface area contributed by atoms with Crippen LogP contribution in [0, 0.1) is 13.8 Å². The number of hydrogen-bond acceptors (Lipinski definition) is 4. The van der Waals surface area contributed by atoms with Crippen LogP contribution in [0.3, 0.4) is 0 Å². The van der Waals surface area contributed by atoms with Gasteiger partial charge in [-0.1, -0.05) is 66.7 Å². The largest absolute Gasteiger partial charge is 0.441 e. The minimum Gasteiger partial charge on any atom is -0.441 e. The van der Waals surface area contributed by atoms with Crippen molar-refractivity contribution >= 4 is 17.3 Å². The number of anilines is 1. The van der Waals surface area contributed by atoms with Crippen LogP contribution in [-0.4, -0.2) is 23.1 Å². The molecule has 1 aromatic heterocycles. The van der Waals surface area contributed by atoms with E-state index in [-0.39, 0.29) is 12.5 Å². The summed E-state index contributed by atoms with van der Waals surface area (Å²) in [4.78, 5) is 24.4. The second-order valence-corrected chi connectivity index (χ2v) is 7.86. The second kappa shape index (κ2) is 8.27. The number of aromatic nitrogens is 1. The first-order chi connectivity index (χ1) is 15.6. The molecule has 0 saturated heterocycles. The van der Waals surface area contributed by atoms with E-state index in [0.717, 1.165) is 39.3 Å². The molecule has 0 fully saturated rings. The Balaban J connectivity index is 1.53. The lowest BCUT2D eigenvalue weighted by Crippen LogP contribution is -2.32. The number of carbonyl (C=O) groups is 1. The Morgan fingerprint density at radius 2 is 1.56 bits per heavy atom. The quantitative estimate of drug-likeness (QED) is 0.447. The van der Waals surface area contributed by atoms with Gasteiger partial charge in [-0.05, 0) is 31.5 Å². The summed E-state index contributed by atoms with van der Waals surface area (Å²) in [5.41, 5.74) is 6.39. The van der Waals surface area contributed by atoms with E-state index in [2.05, 4.69) is 4.99 Å². The SMILES string of the molecule is Cc1ccccc1-c1nc(CN2C(=O)CN=C(c3ccccc3)c3ccccc32)c(C)o1. The van der Waals surface area contributed by atoms with E-state index in [1.807, 2.05) is 92.7 Å². The molecule has 4 aromatic rings. The minimum absolute atomic E-state index is 0.0665. The molecule has 5 rings (SSSR count). The number of benzodiazepines with no additional fused rings is 1. The normalized spacial score (nSPS) is 13.5. The molecule has 158 valence electrons. The number of aryl methyl sites for hydroxylation is 2. The van der Waals surface area contributed by atoms with Crippen molar-refractivity contribution in [2.45, 2.75) is 20.4 Å². The van der Waals surface area contributed by atoms with Gasteiger partial charge in [0.2, 0.25) is 11.8 Å². The zero-order valence-corrected chi connectivity index (χ0v) is 18.1. The van der Waals surface area contributed by atoms with Crippen LogP contribution < -0.4 is 4.90 Å². The lowest BCUT2D eigenvalue weighted by molar-refractivity contribution is -0.117. The Morgan fingerprint density at radius 3 is 2.34 bits per heavy atom. The van der Waals surface area contributed by atoms with Crippen molar-refractivity contribution in [1.82, 2.24) is 4.98 Å². The third-order valence-corrected chi connectivity index (χ3v) is 5.75. The molecule has 0 N–H and O–H groups in total. The van der Waals surface area contributed by atoms with Gasteiger partial charge in [-0.2, -0.15) is 0 Å². The number of para-hydroxylation sites is 1. The standard InChI is InChI=1S/C27H23N3O2/c1-18-10-6-7-13-21(18)27-29-23(19(2)32-27)17-30-24-15-9-8-14-22(24)26(28-16-25(30)31)20-11-4-3-5-12-20/h3-15H,16-17H2,1-2H3. The van der Waals surface area contributed by atoms with Crippen molar-refractivity contribution in [2.75, 3.05) is 11.4 Å². The molecule has 0 unspecified atom stereocenters. The van der Waals surface area contributed by atoms with Crippen molar-refractivity contribution in [3.63, 3.8) is 0 Å². The van der Waals surface area contributed by atoms with Crippen molar-refractivity contribution in [1.29, 1.82) is 0 Å². The Bertz CT molecular complexity index is 1320. The van der Waals surface area contributed by atoms with Crippen LogP contribution in [-0.2, 0) is 11.3 Å². The molecule has 0 atom stereocenters. The highest BCUT2D eigenvalue weighted by molar-refractivity contribution is 6.19. The smallest absolute Gasteiger partial charge is 0.249 e. The first kappa shape index (κ1) is 19.9. The van der Waals surface area contributed by atoms with E-state index >= 15 is 0 Å². The molecule has 0 spiro atoms. The Hall–Kier alpha value is -3.99. The van der Waals surface area contributed by atoms with E-state index in [4.69, 9.17) is 9.40 Å². The maximum atomic E-state index is 13.2. The maximum Gasteiger partial charge on any atom is 0.249 e. The highest BCUT2D eigenvalue weighted by Gasteiger charge is 2.27. The molecule has 3 aromatic carbocycles. The molecule has 5 nitrogen and oxygen atoms in total. The molecule has 0 radical (unpaired) electrons. The average molecular weight is 422 g/mol. The number of hydrogen-bond donors (Lipinski definition) is 0. The van der Waals surface area contributed by atoms with E-state index < -0.39 is 0 Å². The summed E-state index contributed by atoms with van der Waals surface area (Å²) >= 11 is 0. The minimum atomic E-state index is -0.0665. The lowest BCUT2D eigenvalue weighted by Gasteiger charge is -2.22. The number of rotatable bonds is 4. The molecule has 1 aliphatic heterocycles. The molecule has 0 bridgehead atoms. The molecule has 1 amide bonds. The van der Waals surface area contributed by atoms with Crippen molar-refractivity contribution in [2.24, 2.45) is 4.99 Å². The van der Waals surface area contributed by atoms with E-state index in [1.54, 1.807) is 4.90 Å². The molecule has 0 aliphatic carbocycles. The topological polar surface area (TPSA) is 58.7 Å². The molecule has 5 heteroatoms. The molecular formula is C27H23N3O2. The summed E-state index contributed by atoms with van der Waals surface area (Å²) in [6.45, 7) is 4.34. The number of nitrogens with zero attached hydrogens (tertiary/aromatic N) is 3. The van der Waals surface area contributed by atoms with Crippen LogP contribution in [0.2, 0.25) is 0 Å². The fourth-order valence-electron chi connectivity index (χ4n) is 4.03. The first-order valence-corrected chi connectivity index (χ1v) is 10.6. The number of fused-ring (bicyclic) bond motifs is 1. The number of carbonyl (C=O) groups excluding carboxylic acids is 1. The van der Waals surface area contributed by atoms with Crippen LogP contribution in [0.1, 0.15) is 28.1 Å². The fraction of sp³-hybridized carbons (Fsp3) is 0.148. The van der Waals surface area contributed by atoms with Crippen molar-refractivity contribution in [3.05, 3.63) is 107 Å². The van der Waals surface area contributed by atoms with E-state index in [1.165, 1.54) is 0 Å². The zero-order valence-electron chi connectivity index (χ0n) is 18.1. The maximum absolute atomic E-state index is 13.2. The van der Waals surface area contributed by atoms with Crippen molar-refractivity contribution < 1.29 is 9.21 Å². The molecule has 0 saturated carbocycles. The highest BCUT2D eigenvalue weighted by atomic mass is 16.4. The van der Waals surface area contributed by atoms with Gasteiger partial charge in [0.05, 0.1) is 17.9 Å². The molecule has 32 heavy (non-hydrogen) atoms. The van der Waals surface area contributed by atoms with Gasteiger partial charge in [0.15, 0.2) is 0 Å². The number of aliphatic imine (C=N–C) groups is 1. The number of amides is 1. The van der Waals surface area contributed by atoms with Gasteiger partial charge in [-0.3, -0.25) is 9.79 Å². The van der Waals surface area contributed by atoms with Crippen LogP contribution in [0.4, 0.5) is 5.69 Å².